The van der Waals surface area contributed by atoms with E-state index >= 15 is 0 Å². The number of nitriles is 1. The van der Waals surface area contributed by atoms with Crippen LogP contribution in [0.2, 0.25) is 0 Å². The van der Waals surface area contributed by atoms with Gasteiger partial charge in [0.05, 0.1) is 6.07 Å². The fraction of sp³-hybridized carbons (Fsp3) is 0.889. The van der Waals surface area contributed by atoms with Crippen LogP contribution in [0.4, 0.5) is 0 Å². The van der Waals surface area contributed by atoms with Crippen molar-refractivity contribution in [3.05, 3.63) is 0 Å². The number of nitrogens with two attached hydrogens (primary N) is 1. The van der Waals surface area contributed by atoms with E-state index in [1.807, 2.05) is 13.8 Å². The van der Waals surface area contributed by atoms with Gasteiger partial charge in [0, 0.05) is 5.92 Å². The lowest BCUT2D eigenvalue weighted by Gasteiger charge is -1.87. The molecule has 0 heterocycles. The molecule has 0 bridgehead atoms. The van der Waals surface area contributed by atoms with Gasteiger partial charge in [-0.15, -0.1) is 0 Å². The molecule has 1 fully saturated rings. The Hall–Kier alpha value is -0.550. The largest absolute Gasteiger partial charge is 0.328 e. The van der Waals surface area contributed by atoms with Crippen molar-refractivity contribution in [2.24, 2.45) is 11.7 Å². The van der Waals surface area contributed by atoms with E-state index in [0.29, 0.717) is 12.0 Å². The summed E-state index contributed by atoms with van der Waals surface area (Å²) in [6, 6.07) is 2.60. The zero-order valence-corrected chi connectivity index (χ0v) is 7.51. The van der Waals surface area contributed by atoms with Gasteiger partial charge in [0.25, 0.3) is 0 Å². The van der Waals surface area contributed by atoms with E-state index < -0.39 is 0 Å². The fourth-order valence-corrected chi connectivity index (χ4v) is 1.05. The number of rotatable bonds is 0. The second-order valence-corrected chi connectivity index (χ2v) is 3.35. The van der Waals surface area contributed by atoms with Crippen LogP contribution in [0.3, 0.4) is 0 Å². The van der Waals surface area contributed by atoms with Crippen LogP contribution in [0.15, 0.2) is 0 Å². The minimum Gasteiger partial charge on any atom is -0.328 e. The highest BCUT2D eigenvalue weighted by Gasteiger charge is 2.12. The molecular weight excluding hydrogens is 136 g/mol. The highest BCUT2D eigenvalue weighted by atomic mass is 14.6. The quantitative estimate of drug-likeness (QED) is 0.580. The first-order valence-electron chi connectivity index (χ1n) is 4.32. The van der Waals surface area contributed by atoms with E-state index in [1.54, 1.807) is 0 Å². The lowest BCUT2D eigenvalue weighted by molar-refractivity contribution is 0.701. The van der Waals surface area contributed by atoms with Gasteiger partial charge in [-0.05, 0) is 18.9 Å². The van der Waals surface area contributed by atoms with Gasteiger partial charge in [0.15, 0.2) is 0 Å². The van der Waals surface area contributed by atoms with E-state index in [1.165, 1.54) is 12.8 Å². The van der Waals surface area contributed by atoms with Gasteiger partial charge in [0.1, 0.15) is 0 Å². The summed E-state index contributed by atoms with van der Waals surface area (Å²) in [4.78, 5) is 0. The standard InChI is InChI=1S/C6H9N.C3H9N/c7-5-6-3-1-2-4-6;1-3(2)4/h6H,1-4H2;3H,4H2,1-2H3. The van der Waals surface area contributed by atoms with Crippen molar-refractivity contribution >= 4 is 0 Å². The normalized spacial score (nSPS) is 17.4. The molecule has 0 aliphatic heterocycles. The van der Waals surface area contributed by atoms with Gasteiger partial charge in [0.2, 0.25) is 0 Å². The molecule has 2 heteroatoms. The number of hydrogen-bond acceptors (Lipinski definition) is 2. The molecule has 0 spiro atoms. The number of hydrogen-bond donors (Lipinski definition) is 1. The Morgan fingerprint density at radius 2 is 1.73 bits per heavy atom. The molecule has 0 aromatic heterocycles. The number of nitrogens with zero attached hydrogens (tertiary/aromatic N) is 1. The van der Waals surface area contributed by atoms with Crippen molar-refractivity contribution in [2.75, 3.05) is 0 Å². The molecular formula is C9H18N2. The minimum absolute atomic E-state index is 0.333. The first-order valence-corrected chi connectivity index (χ1v) is 4.32. The first kappa shape index (κ1) is 10.4. The molecule has 1 aliphatic rings. The van der Waals surface area contributed by atoms with E-state index in [2.05, 4.69) is 6.07 Å². The maximum atomic E-state index is 8.32. The Kier molecular flexibility index (Phi) is 5.87. The van der Waals surface area contributed by atoms with Crippen LogP contribution in [0, 0.1) is 17.2 Å². The summed E-state index contributed by atoms with van der Waals surface area (Å²) >= 11 is 0. The second-order valence-electron chi connectivity index (χ2n) is 3.35. The van der Waals surface area contributed by atoms with Crippen LogP contribution in [-0.4, -0.2) is 6.04 Å². The van der Waals surface area contributed by atoms with Gasteiger partial charge >= 0.3 is 0 Å². The molecule has 64 valence electrons. The monoisotopic (exact) mass is 154 g/mol. The van der Waals surface area contributed by atoms with Crippen molar-refractivity contribution in [3.8, 4) is 6.07 Å². The van der Waals surface area contributed by atoms with Gasteiger partial charge < -0.3 is 5.73 Å². The Morgan fingerprint density at radius 3 is 1.91 bits per heavy atom. The minimum atomic E-state index is 0.333. The molecule has 1 aliphatic carbocycles. The summed E-state index contributed by atoms with van der Waals surface area (Å²) < 4.78 is 0. The topological polar surface area (TPSA) is 49.8 Å². The average molecular weight is 154 g/mol. The molecule has 2 nitrogen and oxygen atoms in total. The Morgan fingerprint density at radius 1 is 1.36 bits per heavy atom. The molecule has 0 atom stereocenters. The van der Waals surface area contributed by atoms with E-state index in [4.69, 9.17) is 11.0 Å². The summed E-state index contributed by atoms with van der Waals surface area (Å²) in [5.41, 5.74) is 5.11. The third-order valence-electron chi connectivity index (χ3n) is 1.54. The lowest BCUT2D eigenvalue weighted by Crippen LogP contribution is -2.06. The SMILES string of the molecule is CC(C)N.N#CC1CCCC1. The Labute approximate surface area is 69.4 Å². The van der Waals surface area contributed by atoms with Gasteiger partial charge in [-0.3, -0.25) is 0 Å². The van der Waals surface area contributed by atoms with Crippen LogP contribution in [0.25, 0.3) is 0 Å². The summed E-state index contributed by atoms with van der Waals surface area (Å²) in [5, 5.41) is 8.32. The second kappa shape index (κ2) is 6.18. The third-order valence-corrected chi connectivity index (χ3v) is 1.54. The van der Waals surface area contributed by atoms with Crippen LogP contribution in [0.1, 0.15) is 39.5 Å². The maximum Gasteiger partial charge on any atom is 0.0655 e. The average Bonchev–Trinajstić information content (AvgIpc) is 2.36. The molecule has 0 amide bonds. The zero-order valence-electron chi connectivity index (χ0n) is 7.51. The first-order chi connectivity index (χ1) is 5.16. The predicted molar refractivity (Wildman–Crippen MR) is 46.9 cm³/mol. The molecule has 0 aromatic rings. The van der Waals surface area contributed by atoms with Gasteiger partial charge in [-0.25, -0.2) is 0 Å². The van der Waals surface area contributed by atoms with Crippen LogP contribution in [-0.2, 0) is 0 Å². The summed E-state index contributed by atoms with van der Waals surface area (Å²) in [7, 11) is 0. The smallest absolute Gasteiger partial charge is 0.0655 e. The van der Waals surface area contributed by atoms with Gasteiger partial charge in [-0.1, -0.05) is 26.7 Å². The zero-order chi connectivity index (χ0) is 8.69. The highest BCUT2D eigenvalue weighted by Crippen LogP contribution is 2.22. The molecule has 1 rings (SSSR count). The molecule has 0 saturated heterocycles. The van der Waals surface area contributed by atoms with Crippen molar-refractivity contribution in [2.45, 2.75) is 45.6 Å². The van der Waals surface area contributed by atoms with Crippen molar-refractivity contribution in [1.29, 1.82) is 5.26 Å². The molecule has 11 heavy (non-hydrogen) atoms. The maximum absolute atomic E-state index is 8.32. The van der Waals surface area contributed by atoms with Gasteiger partial charge in [-0.2, -0.15) is 5.26 Å². The molecule has 0 aromatic carbocycles. The predicted octanol–water partition coefficient (Wildman–Crippen LogP) is 2.05. The Bertz CT molecular complexity index is 115. The fourth-order valence-electron chi connectivity index (χ4n) is 1.05. The highest BCUT2D eigenvalue weighted by molar-refractivity contribution is 4.85. The van der Waals surface area contributed by atoms with Crippen LogP contribution in [0.5, 0.6) is 0 Å². The lowest BCUT2D eigenvalue weighted by atomic mass is 10.1. The van der Waals surface area contributed by atoms with E-state index in [-0.39, 0.29) is 0 Å². The van der Waals surface area contributed by atoms with Crippen molar-refractivity contribution < 1.29 is 0 Å². The molecule has 0 unspecified atom stereocenters. The summed E-state index contributed by atoms with van der Waals surface area (Å²) in [5.74, 6) is 0.403. The van der Waals surface area contributed by atoms with Crippen LogP contribution >= 0.6 is 0 Å². The van der Waals surface area contributed by atoms with E-state index in [9.17, 15) is 0 Å². The van der Waals surface area contributed by atoms with Crippen LogP contribution < -0.4 is 5.73 Å². The van der Waals surface area contributed by atoms with Crippen molar-refractivity contribution in [1.82, 2.24) is 0 Å². The third kappa shape index (κ3) is 7.35. The molecule has 0 radical (unpaired) electrons. The summed E-state index contributed by atoms with van der Waals surface area (Å²) in [6.45, 7) is 3.89. The summed E-state index contributed by atoms with van der Waals surface area (Å²) in [6.07, 6.45) is 4.85. The molecule has 2 N–H and O–H groups in total. The van der Waals surface area contributed by atoms with Crippen molar-refractivity contribution in [3.63, 3.8) is 0 Å². The molecule has 1 saturated carbocycles. The van der Waals surface area contributed by atoms with E-state index in [0.717, 1.165) is 12.8 Å². The Balaban J connectivity index is 0.000000218.